The fourth-order valence-corrected chi connectivity index (χ4v) is 1.88. The van der Waals surface area contributed by atoms with Crippen molar-refractivity contribution in [2.75, 3.05) is 0 Å². The minimum atomic E-state index is -0.629. The number of aromatic nitrogens is 4. The van der Waals surface area contributed by atoms with Crippen molar-refractivity contribution < 1.29 is 4.92 Å². The zero-order chi connectivity index (χ0) is 14.1. The highest BCUT2D eigenvalue weighted by Crippen LogP contribution is 2.08. The molecule has 0 saturated carbocycles. The molecule has 0 radical (unpaired) electrons. The number of hydrogen-bond donors (Lipinski definition) is 0. The third-order valence-electron chi connectivity index (χ3n) is 2.82. The van der Waals surface area contributed by atoms with Crippen LogP contribution in [0.15, 0.2) is 47.8 Å². The zero-order valence-electron chi connectivity index (χ0n) is 10.2. The first-order valence-corrected chi connectivity index (χ1v) is 5.77. The molecule has 3 rings (SSSR count). The molecule has 0 fully saturated rings. The predicted octanol–water partition coefficient (Wildman–Crippen LogP) is 0.847. The van der Waals surface area contributed by atoms with E-state index < -0.39 is 10.5 Å². The Labute approximate surface area is 112 Å². The maximum atomic E-state index is 12.2. The van der Waals surface area contributed by atoms with Crippen molar-refractivity contribution in [2.24, 2.45) is 0 Å². The van der Waals surface area contributed by atoms with Gasteiger partial charge in [0.1, 0.15) is 6.20 Å². The molecule has 3 aromatic heterocycles. The number of nitro groups is 1. The molecule has 3 aromatic rings. The van der Waals surface area contributed by atoms with Gasteiger partial charge in [-0.3, -0.25) is 14.2 Å². The standard InChI is InChI=1S/C12H9N5O3/c18-12-11-14-10(17(19)20)8-15(11)5-6-16(12)7-9-3-1-2-4-13-9/h1-6,8H,7H2. The normalized spacial score (nSPS) is 10.8. The van der Waals surface area contributed by atoms with Crippen LogP contribution in [0.5, 0.6) is 0 Å². The SMILES string of the molecule is O=c1c2nc([N+](=O)[O-])cn2ccn1Cc1ccccn1. The van der Waals surface area contributed by atoms with E-state index in [0.29, 0.717) is 0 Å². The highest BCUT2D eigenvalue weighted by molar-refractivity contribution is 5.41. The number of imidazole rings is 1. The lowest BCUT2D eigenvalue weighted by molar-refractivity contribution is -0.389. The monoisotopic (exact) mass is 271 g/mol. The van der Waals surface area contributed by atoms with Gasteiger partial charge in [-0.05, 0) is 22.0 Å². The van der Waals surface area contributed by atoms with Crippen LogP contribution in [-0.4, -0.2) is 23.9 Å². The smallest absolute Gasteiger partial charge is 0.358 e. The summed E-state index contributed by atoms with van der Waals surface area (Å²) in [6, 6.07) is 5.41. The fourth-order valence-electron chi connectivity index (χ4n) is 1.88. The Kier molecular flexibility index (Phi) is 2.75. The number of pyridine rings is 1. The Morgan fingerprint density at radius 3 is 2.85 bits per heavy atom. The van der Waals surface area contributed by atoms with Gasteiger partial charge in [0.15, 0.2) is 0 Å². The molecule has 3 heterocycles. The van der Waals surface area contributed by atoms with Gasteiger partial charge >= 0.3 is 17.0 Å². The quantitative estimate of drug-likeness (QED) is 0.519. The largest absolute Gasteiger partial charge is 0.382 e. The van der Waals surface area contributed by atoms with Gasteiger partial charge in [-0.15, -0.1) is 0 Å². The highest BCUT2D eigenvalue weighted by Gasteiger charge is 2.17. The second-order valence-corrected chi connectivity index (χ2v) is 4.14. The third-order valence-corrected chi connectivity index (χ3v) is 2.82. The van der Waals surface area contributed by atoms with Gasteiger partial charge in [0, 0.05) is 18.6 Å². The summed E-state index contributed by atoms with van der Waals surface area (Å²) in [6.07, 6.45) is 5.95. The van der Waals surface area contributed by atoms with Crippen LogP contribution in [0.2, 0.25) is 0 Å². The predicted molar refractivity (Wildman–Crippen MR) is 69.4 cm³/mol. The van der Waals surface area contributed by atoms with E-state index in [-0.39, 0.29) is 18.0 Å². The number of fused-ring (bicyclic) bond motifs is 1. The molecule has 100 valence electrons. The van der Waals surface area contributed by atoms with E-state index in [2.05, 4.69) is 9.97 Å². The molecular weight excluding hydrogens is 262 g/mol. The molecule has 8 heteroatoms. The minimum Gasteiger partial charge on any atom is -0.358 e. The van der Waals surface area contributed by atoms with Crippen LogP contribution < -0.4 is 5.56 Å². The van der Waals surface area contributed by atoms with Gasteiger partial charge in [-0.25, -0.2) is 0 Å². The zero-order valence-corrected chi connectivity index (χ0v) is 10.2. The Morgan fingerprint density at radius 2 is 2.15 bits per heavy atom. The van der Waals surface area contributed by atoms with Crippen molar-refractivity contribution in [3.63, 3.8) is 0 Å². The van der Waals surface area contributed by atoms with Crippen LogP contribution in [0.3, 0.4) is 0 Å². The van der Waals surface area contributed by atoms with Crippen LogP contribution in [0, 0.1) is 10.1 Å². The molecule has 0 spiro atoms. The Balaban J connectivity index is 2.07. The van der Waals surface area contributed by atoms with E-state index in [1.165, 1.54) is 15.2 Å². The molecule has 0 saturated heterocycles. The summed E-state index contributed by atoms with van der Waals surface area (Å²) in [4.78, 5) is 30.1. The maximum absolute atomic E-state index is 12.2. The molecule has 8 nitrogen and oxygen atoms in total. The summed E-state index contributed by atoms with van der Waals surface area (Å²) < 4.78 is 2.75. The van der Waals surface area contributed by atoms with Gasteiger partial charge < -0.3 is 14.7 Å². The minimum absolute atomic E-state index is 0.0233. The van der Waals surface area contributed by atoms with E-state index in [1.54, 1.807) is 30.7 Å². The van der Waals surface area contributed by atoms with Gasteiger partial charge in [0.25, 0.3) is 0 Å². The van der Waals surface area contributed by atoms with Crippen LogP contribution in [0.25, 0.3) is 5.65 Å². The Bertz CT molecular complexity index is 837. The lowest BCUT2D eigenvalue weighted by atomic mass is 10.3. The van der Waals surface area contributed by atoms with Crippen molar-refractivity contribution in [3.05, 3.63) is 69.1 Å². The van der Waals surface area contributed by atoms with Crippen molar-refractivity contribution in [3.8, 4) is 0 Å². The van der Waals surface area contributed by atoms with Gasteiger partial charge in [0.2, 0.25) is 0 Å². The van der Waals surface area contributed by atoms with E-state index in [1.807, 2.05) is 6.07 Å². The summed E-state index contributed by atoms with van der Waals surface area (Å²) >= 11 is 0. The lowest BCUT2D eigenvalue weighted by Crippen LogP contribution is -2.22. The maximum Gasteiger partial charge on any atom is 0.382 e. The molecule has 0 N–H and O–H groups in total. The second-order valence-electron chi connectivity index (χ2n) is 4.14. The topological polar surface area (TPSA) is 95.3 Å². The van der Waals surface area contributed by atoms with Crippen LogP contribution >= 0.6 is 0 Å². The van der Waals surface area contributed by atoms with Crippen molar-refractivity contribution >= 4 is 11.5 Å². The average molecular weight is 271 g/mol. The first-order chi connectivity index (χ1) is 9.65. The van der Waals surface area contributed by atoms with E-state index in [4.69, 9.17) is 0 Å². The van der Waals surface area contributed by atoms with Crippen LogP contribution in [0.1, 0.15) is 5.69 Å². The summed E-state index contributed by atoms with van der Waals surface area (Å²) in [5, 5.41) is 10.7. The summed E-state index contributed by atoms with van der Waals surface area (Å²) in [5.41, 5.74) is 0.349. The van der Waals surface area contributed by atoms with Crippen molar-refractivity contribution in [1.82, 2.24) is 18.9 Å². The third kappa shape index (κ3) is 2.03. The lowest BCUT2D eigenvalue weighted by Gasteiger charge is -2.03. The van der Waals surface area contributed by atoms with Gasteiger partial charge in [0.05, 0.1) is 12.2 Å². The number of rotatable bonds is 3. The van der Waals surface area contributed by atoms with E-state index >= 15 is 0 Å². The molecule has 0 aliphatic heterocycles. The average Bonchev–Trinajstić information content (AvgIpc) is 2.88. The summed E-state index contributed by atoms with van der Waals surface area (Å²) in [5.74, 6) is -0.349. The van der Waals surface area contributed by atoms with E-state index in [0.717, 1.165) is 5.69 Å². The van der Waals surface area contributed by atoms with Gasteiger partial charge in [-0.2, -0.15) is 0 Å². The highest BCUT2D eigenvalue weighted by atomic mass is 16.6. The number of hydrogen-bond acceptors (Lipinski definition) is 5. The van der Waals surface area contributed by atoms with Gasteiger partial charge in [-0.1, -0.05) is 6.07 Å². The Hall–Kier alpha value is -3.03. The molecule has 0 aliphatic rings. The molecule has 0 unspecified atom stereocenters. The first kappa shape index (κ1) is 12.0. The molecule has 20 heavy (non-hydrogen) atoms. The molecule has 0 bridgehead atoms. The van der Waals surface area contributed by atoms with Crippen molar-refractivity contribution in [1.29, 1.82) is 0 Å². The fraction of sp³-hybridized carbons (Fsp3) is 0.0833. The van der Waals surface area contributed by atoms with E-state index in [9.17, 15) is 14.9 Å². The van der Waals surface area contributed by atoms with Crippen LogP contribution in [-0.2, 0) is 6.54 Å². The van der Waals surface area contributed by atoms with Crippen molar-refractivity contribution in [2.45, 2.75) is 6.54 Å². The molecule has 0 aliphatic carbocycles. The molecule has 0 atom stereocenters. The first-order valence-electron chi connectivity index (χ1n) is 5.77. The van der Waals surface area contributed by atoms with Crippen LogP contribution in [0.4, 0.5) is 5.82 Å². The molecular formula is C12H9N5O3. The Morgan fingerprint density at radius 1 is 1.30 bits per heavy atom. The summed E-state index contributed by atoms with van der Waals surface area (Å²) in [6.45, 7) is 0.289. The summed E-state index contributed by atoms with van der Waals surface area (Å²) in [7, 11) is 0. The molecule has 0 amide bonds. The second kappa shape index (κ2) is 4.57. The number of nitrogens with zero attached hydrogens (tertiary/aromatic N) is 5. The molecule has 0 aromatic carbocycles.